The summed E-state index contributed by atoms with van der Waals surface area (Å²) in [4.78, 5) is 27.8. The molecule has 0 atom stereocenters. The van der Waals surface area contributed by atoms with Gasteiger partial charge in [0.25, 0.3) is 0 Å². The quantitative estimate of drug-likeness (QED) is 0.199. The number of rotatable bonds is 4. The van der Waals surface area contributed by atoms with Crippen LogP contribution in [0.25, 0.3) is 32.3 Å². The number of hydrogen-bond acceptors (Lipinski definition) is 2. The second-order valence-corrected chi connectivity index (χ2v) is 10.7. The first-order valence-electron chi connectivity index (χ1n) is 12.9. The average molecular weight is 473 g/mol. The number of benzene rings is 6. The van der Waals surface area contributed by atoms with Gasteiger partial charge in [0.2, 0.25) is 0 Å². The summed E-state index contributed by atoms with van der Waals surface area (Å²) in [7, 11) is 0. The number of carbonyl (C=O) groups excluding carboxylic acids is 2. The van der Waals surface area contributed by atoms with E-state index < -0.39 is 0 Å². The number of carbonyl (C=O) groups is 2. The molecular weight excluding hydrogens is 452 g/mol. The lowest BCUT2D eigenvalue weighted by Gasteiger charge is -2.12. The zero-order valence-corrected chi connectivity index (χ0v) is 20.0. The molecule has 0 radical (unpaired) electrons. The Labute approximate surface area is 213 Å². The first-order chi connectivity index (χ1) is 18.2. The first-order valence-corrected chi connectivity index (χ1v) is 12.9. The van der Waals surface area contributed by atoms with Gasteiger partial charge in [0.15, 0.2) is 11.6 Å². The van der Waals surface area contributed by atoms with Crippen molar-refractivity contribution in [2.45, 2.75) is 19.3 Å². The van der Waals surface area contributed by atoms with E-state index in [9.17, 15) is 9.59 Å². The lowest BCUT2D eigenvalue weighted by atomic mass is 9.90. The van der Waals surface area contributed by atoms with Crippen molar-refractivity contribution in [2.24, 2.45) is 0 Å². The van der Waals surface area contributed by atoms with E-state index in [1.807, 2.05) is 60.7 Å². The molecule has 9 rings (SSSR count). The van der Waals surface area contributed by atoms with Crippen LogP contribution < -0.4 is 0 Å². The summed E-state index contributed by atoms with van der Waals surface area (Å²) in [5.74, 6) is 0.134. The molecule has 0 amide bonds. The SMILES string of the molecule is O=C(c1ccccc1)c1cc2c3c4c(ccc5c4c4c(cc(C(=O)c6ccccc6)c6c4c3c1C6)C5)C2. The second kappa shape index (κ2) is 6.60. The molecule has 6 aromatic carbocycles. The van der Waals surface area contributed by atoms with Crippen molar-refractivity contribution < 1.29 is 9.59 Å². The molecule has 37 heavy (non-hydrogen) atoms. The van der Waals surface area contributed by atoms with E-state index in [0.29, 0.717) is 17.5 Å². The van der Waals surface area contributed by atoms with E-state index in [2.05, 4.69) is 24.3 Å². The maximum Gasteiger partial charge on any atom is 0.193 e. The highest BCUT2D eigenvalue weighted by atomic mass is 16.1. The number of ketones is 2. The third kappa shape index (κ3) is 2.32. The number of hydrogen-bond donors (Lipinski definition) is 0. The van der Waals surface area contributed by atoms with E-state index in [4.69, 9.17) is 0 Å². The Hall–Kier alpha value is -4.56. The maximum atomic E-state index is 13.9. The lowest BCUT2D eigenvalue weighted by molar-refractivity contribution is 0.103. The molecule has 0 fully saturated rings. The van der Waals surface area contributed by atoms with Gasteiger partial charge < -0.3 is 0 Å². The highest BCUT2D eigenvalue weighted by Crippen LogP contribution is 2.54. The minimum atomic E-state index is 0.0671. The maximum absolute atomic E-state index is 13.9. The fourth-order valence-electron chi connectivity index (χ4n) is 7.37. The summed E-state index contributed by atoms with van der Waals surface area (Å²) in [5.41, 5.74) is 10.4. The lowest BCUT2D eigenvalue weighted by Crippen LogP contribution is -2.08. The van der Waals surface area contributed by atoms with Crippen molar-refractivity contribution in [3.8, 4) is 0 Å². The molecule has 6 aromatic rings. The zero-order chi connectivity index (χ0) is 24.4. The fraction of sp³-hybridized carbons (Fsp3) is 0.0857. The van der Waals surface area contributed by atoms with Crippen molar-refractivity contribution in [3.05, 3.63) is 141 Å². The smallest absolute Gasteiger partial charge is 0.193 e. The van der Waals surface area contributed by atoms with Gasteiger partial charge in [-0.2, -0.15) is 0 Å². The molecular formula is C35H20O2. The molecule has 0 saturated heterocycles. The van der Waals surface area contributed by atoms with Crippen molar-refractivity contribution in [2.75, 3.05) is 0 Å². The first kappa shape index (κ1) is 19.6. The van der Waals surface area contributed by atoms with Gasteiger partial charge >= 0.3 is 0 Å². The fourth-order valence-corrected chi connectivity index (χ4v) is 7.37. The molecule has 0 aromatic heterocycles. The predicted octanol–water partition coefficient (Wildman–Crippen LogP) is 7.32. The molecule has 3 aliphatic carbocycles. The molecule has 0 saturated carbocycles. The summed E-state index contributed by atoms with van der Waals surface area (Å²) in [6.45, 7) is 0. The average Bonchev–Trinajstić information content (AvgIpc) is 3.62. The molecule has 0 bridgehead atoms. The van der Waals surface area contributed by atoms with E-state index >= 15 is 0 Å². The van der Waals surface area contributed by atoms with Crippen molar-refractivity contribution >= 4 is 43.9 Å². The molecule has 2 nitrogen and oxygen atoms in total. The van der Waals surface area contributed by atoms with Gasteiger partial charge in [0, 0.05) is 28.7 Å². The Bertz CT molecular complexity index is 1920. The Morgan fingerprint density at radius 2 is 0.838 bits per heavy atom. The van der Waals surface area contributed by atoms with Crippen LogP contribution in [0.4, 0.5) is 0 Å². The molecule has 0 N–H and O–H groups in total. The Morgan fingerprint density at radius 3 is 1.27 bits per heavy atom. The Balaban J connectivity index is 1.43. The van der Waals surface area contributed by atoms with Crippen LogP contribution in [0.15, 0.2) is 84.9 Å². The molecule has 0 heterocycles. The summed E-state index contributed by atoms with van der Waals surface area (Å²) < 4.78 is 0. The molecule has 0 unspecified atom stereocenters. The van der Waals surface area contributed by atoms with Gasteiger partial charge in [-0.1, -0.05) is 72.8 Å². The van der Waals surface area contributed by atoms with Crippen molar-refractivity contribution in [1.82, 2.24) is 0 Å². The molecule has 172 valence electrons. The molecule has 3 aliphatic rings. The van der Waals surface area contributed by atoms with Crippen LogP contribution in [-0.4, -0.2) is 11.6 Å². The summed E-state index contributed by atoms with van der Waals surface area (Å²) >= 11 is 0. The predicted molar refractivity (Wildman–Crippen MR) is 147 cm³/mol. The highest BCUT2D eigenvalue weighted by Gasteiger charge is 2.36. The van der Waals surface area contributed by atoms with Gasteiger partial charge in [-0.3, -0.25) is 9.59 Å². The van der Waals surface area contributed by atoms with Crippen LogP contribution in [0.3, 0.4) is 0 Å². The van der Waals surface area contributed by atoms with Crippen LogP contribution >= 0.6 is 0 Å². The second-order valence-electron chi connectivity index (χ2n) is 10.7. The highest BCUT2D eigenvalue weighted by molar-refractivity contribution is 6.35. The van der Waals surface area contributed by atoms with Crippen LogP contribution in [0.5, 0.6) is 0 Å². The van der Waals surface area contributed by atoms with Gasteiger partial charge in [-0.05, 0) is 90.7 Å². The Morgan fingerprint density at radius 1 is 0.432 bits per heavy atom. The van der Waals surface area contributed by atoms with E-state index in [-0.39, 0.29) is 11.6 Å². The van der Waals surface area contributed by atoms with Gasteiger partial charge in [-0.25, -0.2) is 0 Å². The summed E-state index contributed by atoms with van der Waals surface area (Å²) in [6, 6.07) is 28.0. The molecule has 2 heteroatoms. The summed E-state index contributed by atoms with van der Waals surface area (Å²) in [5, 5.41) is 7.82. The minimum absolute atomic E-state index is 0.0671. The third-order valence-electron chi connectivity index (χ3n) is 8.84. The van der Waals surface area contributed by atoms with Gasteiger partial charge in [-0.15, -0.1) is 0 Å². The van der Waals surface area contributed by atoms with Crippen molar-refractivity contribution in [1.29, 1.82) is 0 Å². The van der Waals surface area contributed by atoms with E-state index in [1.165, 1.54) is 54.6 Å². The molecule has 0 spiro atoms. The minimum Gasteiger partial charge on any atom is -0.289 e. The van der Waals surface area contributed by atoms with E-state index in [0.717, 1.165) is 35.1 Å². The largest absolute Gasteiger partial charge is 0.289 e. The standard InChI is InChI=1S/C35H20O2/c36-34(18-7-3-1-4-8-18)26-15-22-13-20-11-12-21-14-23-16-27(35(37)19-9-5-2-6-10-19)25-17-24(26)32-30(22)28(20)29(21)31(23)33(25)32/h1-12,15-16H,13-14,17H2. The van der Waals surface area contributed by atoms with Crippen LogP contribution in [0.1, 0.15) is 65.2 Å². The van der Waals surface area contributed by atoms with Crippen LogP contribution in [-0.2, 0) is 19.3 Å². The van der Waals surface area contributed by atoms with E-state index in [1.54, 1.807) is 0 Å². The zero-order valence-electron chi connectivity index (χ0n) is 20.0. The normalized spacial score (nSPS) is 13.8. The third-order valence-corrected chi connectivity index (χ3v) is 8.84. The van der Waals surface area contributed by atoms with Gasteiger partial charge in [0.05, 0.1) is 0 Å². The van der Waals surface area contributed by atoms with Crippen LogP contribution in [0, 0.1) is 0 Å². The topological polar surface area (TPSA) is 34.1 Å². The van der Waals surface area contributed by atoms with Gasteiger partial charge in [0.1, 0.15) is 0 Å². The van der Waals surface area contributed by atoms with Crippen LogP contribution in [0.2, 0.25) is 0 Å². The van der Waals surface area contributed by atoms with Crippen molar-refractivity contribution in [3.63, 3.8) is 0 Å². The monoisotopic (exact) mass is 472 g/mol. The Kier molecular flexibility index (Phi) is 3.50. The summed E-state index contributed by atoms with van der Waals surface area (Å²) in [6.07, 6.45) is 2.33. The molecule has 0 aliphatic heterocycles.